The summed E-state index contributed by atoms with van der Waals surface area (Å²) in [5.41, 5.74) is 2.54. The summed E-state index contributed by atoms with van der Waals surface area (Å²) in [5, 5.41) is 0.173. The number of benzene rings is 1. The van der Waals surface area contributed by atoms with Crippen molar-refractivity contribution in [1.29, 1.82) is 0 Å². The smallest absolute Gasteiger partial charge is 0.161 e. The third-order valence-corrected chi connectivity index (χ3v) is 3.57. The fourth-order valence-corrected chi connectivity index (χ4v) is 2.66. The van der Waals surface area contributed by atoms with E-state index >= 15 is 0 Å². The van der Waals surface area contributed by atoms with Crippen molar-refractivity contribution >= 4 is 17.2 Å². The van der Waals surface area contributed by atoms with Crippen LogP contribution in [0.15, 0.2) is 24.3 Å². The van der Waals surface area contributed by atoms with Crippen LogP contribution in [0.2, 0.25) is 0 Å². The summed E-state index contributed by atoms with van der Waals surface area (Å²) in [6.45, 7) is 1.27. The lowest BCUT2D eigenvalue weighted by atomic mass is 9.93. The van der Waals surface area contributed by atoms with E-state index in [9.17, 15) is 0 Å². The van der Waals surface area contributed by atoms with Gasteiger partial charge in [0.05, 0.1) is 5.38 Å². The van der Waals surface area contributed by atoms with Crippen molar-refractivity contribution < 1.29 is 9.47 Å². The van der Waals surface area contributed by atoms with Crippen LogP contribution >= 0.6 is 11.6 Å². The van der Waals surface area contributed by atoms with E-state index in [1.54, 1.807) is 0 Å². The molecule has 3 rings (SSSR count). The monoisotopic (exact) mass is 250 g/mol. The zero-order chi connectivity index (χ0) is 11.7. The van der Waals surface area contributed by atoms with Gasteiger partial charge in [-0.05, 0) is 42.5 Å². The van der Waals surface area contributed by atoms with Crippen molar-refractivity contribution in [1.82, 2.24) is 0 Å². The molecular formula is C14H15ClO2. The second-order valence-electron chi connectivity index (χ2n) is 4.46. The lowest BCUT2D eigenvalue weighted by Crippen LogP contribution is -2.15. The molecule has 0 saturated carbocycles. The van der Waals surface area contributed by atoms with E-state index in [-0.39, 0.29) is 5.38 Å². The van der Waals surface area contributed by atoms with Crippen molar-refractivity contribution in [3.8, 4) is 11.5 Å². The normalized spacial score (nSPS) is 23.1. The Hall–Kier alpha value is -1.15. The SMILES string of the molecule is ClC1C=C(c2ccc3c(c2)OCCO3)CCC1. The number of alkyl halides is 1. The number of ether oxygens (including phenoxy) is 2. The molecule has 1 unspecified atom stereocenters. The molecule has 1 aliphatic heterocycles. The largest absolute Gasteiger partial charge is 0.486 e. The summed E-state index contributed by atoms with van der Waals surface area (Å²) in [6, 6.07) is 6.14. The predicted octanol–water partition coefficient (Wildman–Crippen LogP) is 3.63. The minimum Gasteiger partial charge on any atom is -0.486 e. The third-order valence-electron chi connectivity index (χ3n) is 3.22. The first-order valence-corrected chi connectivity index (χ1v) is 6.51. The van der Waals surface area contributed by atoms with Crippen LogP contribution in [0.1, 0.15) is 24.8 Å². The van der Waals surface area contributed by atoms with E-state index in [2.05, 4.69) is 18.2 Å². The molecule has 1 aliphatic carbocycles. The van der Waals surface area contributed by atoms with E-state index in [1.807, 2.05) is 6.07 Å². The van der Waals surface area contributed by atoms with Gasteiger partial charge in [0, 0.05) is 0 Å². The zero-order valence-corrected chi connectivity index (χ0v) is 10.4. The number of allylic oxidation sites excluding steroid dienone is 2. The predicted molar refractivity (Wildman–Crippen MR) is 68.9 cm³/mol. The first-order valence-electron chi connectivity index (χ1n) is 6.08. The number of hydrogen-bond donors (Lipinski definition) is 0. The second kappa shape index (κ2) is 4.61. The van der Waals surface area contributed by atoms with Crippen molar-refractivity contribution in [2.45, 2.75) is 24.6 Å². The van der Waals surface area contributed by atoms with E-state index in [0.29, 0.717) is 13.2 Å². The summed E-state index contributed by atoms with van der Waals surface area (Å²) in [4.78, 5) is 0. The molecule has 0 saturated heterocycles. The Morgan fingerprint density at radius 1 is 1.12 bits per heavy atom. The quantitative estimate of drug-likeness (QED) is 0.709. The van der Waals surface area contributed by atoms with Crippen LogP contribution in [0, 0.1) is 0 Å². The van der Waals surface area contributed by atoms with Crippen molar-refractivity contribution in [3.63, 3.8) is 0 Å². The molecule has 0 spiro atoms. The topological polar surface area (TPSA) is 18.5 Å². The zero-order valence-electron chi connectivity index (χ0n) is 9.62. The molecule has 0 radical (unpaired) electrons. The average Bonchev–Trinajstić information content (AvgIpc) is 2.38. The van der Waals surface area contributed by atoms with Crippen molar-refractivity contribution in [2.24, 2.45) is 0 Å². The maximum absolute atomic E-state index is 6.17. The van der Waals surface area contributed by atoms with Crippen LogP contribution in [0.5, 0.6) is 11.5 Å². The minimum atomic E-state index is 0.173. The molecule has 17 heavy (non-hydrogen) atoms. The molecule has 0 bridgehead atoms. The minimum absolute atomic E-state index is 0.173. The second-order valence-corrected chi connectivity index (χ2v) is 5.02. The molecule has 2 aliphatic rings. The van der Waals surface area contributed by atoms with Crippen molar-refractivity contribution in [3.05, 3.63) is 29.8 Å². The highest BCUT2D eigenvalue weighted by Crippen LogP contribution is 2.36. The summed E-state index contributed by atoms with van der Waals surface area (Å²) in [5.74, 6) is 1.70. The van der Waals surface area contributed by atoms with Gasteiger partial charge in [0.15, 0.2) is 11.5 Å². The summed E-state index contributed by atoms with van der Waals surface area (Å²) in [6.07, 6.45) is 5.50. The van der Waals surface area contributed by atoms with E-state index in [1.165, 1.54) is 11.1 Å². The fourth-order valence-electron chi connectivity index (χ4n) is 2.36. The van der Waals surface area contributed by atoms with E-state index in [4.69, 9.17) is 21.1 Å². The summed E-state index contributed by atoms with van der Waals surface area (Å²) >= 11 is 6.17. The molecule has 3 heteroatoms. The first-order chi connectivity index (χ1) is 8.33. The molecule has 1 heterocycles. The Balaban J connectivity index is 1.93. The van der Waals surface area contributed by atoms with E-state index < -0.39 is 0 Å². The Morgan fingerprint density at radius 3 is 2.76 bits per heavy atom. The third kappa shape index (κ3) is 2.27. The molecule has 0 N–H and O–H groups in total. The maximum atomic E-state index is 6.17. The summed E-state index contributed by atoms with van der Waals surface area (Å²) < 4.78 is 11.1. The molecule has 2 nitrogen and oxygen atoms in total. The number of fused-ring (bicyclic) bond motifs is 1. The standard InChI is InChI=1S/C14H15ClO2/c15-12-3-1-2-10(8-12)11-4-5-13-14(9-11)17-7-6-16-13/h4-5,8-9,12H,1-3,6-7H2. The van der Waals surface area contributed by atoms with Crippen molar-refractivity contribution in [2.75, 3.05) is 13.2 Å². The van der Waals surface area contributed by atoms with Gasteiger partial charge >= 0.3 is 0 Å². The first kappa shape index (κ1) is 11.0. The van der Waals surface area contributed by atoms with Gasteiger partial charge in [-0.15, -0.1) is 11.6 Å². The van der Waals surface area contributed by atoms with Gasteiger partial charge in [-0.25, -0.2) is 0 Å². The number of hydrogen-bond acceptors (Lipinski definition) is 2. The van der Waals surface area contributed by atoms with Crippen LogP contribution in [0.4, 0.5) is 0 Å². The number of halogens is 1. The fraction of sp³-hybridized carbons (Fsp3) is 0.429. The van der Waals surface area contributed by atoms with Crippen LogP contribution < -0.4 is 9.47 Å². The molecule has 1 aromatic carbocycles. The highest BCUT2D eigenvalue weighted by molar-refractivity contribution is 6.22. The van der Waals surface area contributed by atoms with Crippen LogP contribution in [-0.4, -0.2) is 18.6 Å². The lowest BCUT2D eigenvalue weighted by Gasteiger charge is -2.21. The Labute approximate surface area is 106 Å². The maximum Gasteiger partial charge on any atom is 0.161 e. The summed E-state index contributed by atoms with van der Waals surface area (Å²) in [7, 11) is 0. The molecular weight excluding hydrogens is 236 g/mol. The Morgan fingerprint density at radius 2 is 1.94 bits per heavy atom. The molecule has 0 amide bonds. The molecule has 90 valence electrons. The number of rotatable bonds is 1. The van der Waals surface area contributed by atoms with Crippen LogP contribution in [0.25, 0.3) is 5.57 Å². The Kier molecular flexibility index (Phi) is 2.98. The van der Waals surface area contributed by atoms with Gasteiger partial charge in [-0.3, -0.25) is 0 Å². The molecule has 1 aromatic rings. The Bertz CT molecular complexity index is 454. The van der Waals surface area contributed by atoms with Crippen LogP contribution in [0.3, 0.4) is 0 Å². The highest BCUT2D eigenvalue weighted by atomic mass is 35.5. The highest BCUT2D eigenvalue weighted by Gasteiger charge is 2.16. The van der Waals surface area contributed by atoms with Gasteiger partial charge in [-0.2, -0.15) is 0 Å². The molecule has 0 aromatic heterocycles. The van der Waals surface area contributed by atoms with Gasteiger partial charge in [-0.1, -0.05) is 12.1 Å². The average molecular weight is 251 g/mol. The van der Waals surface area contributed by atoms with Gasteiger partial charge in [0.1, 0.15) is 13.2 Å². The molecule has 0 fully saturated rings. The van der Waals surface area contributed by atoms with Gasteiger partial charge < -0.3 is 9.47 Å². The van der Waals surface area contributed by atoms with E-state index in [0.717, 1.165) is 30.8 Å². The molecule has 1 atom stereocenters. The van der Waals surface area contributed by atoms with Crippen LogP contribution in [-0.2, 0) is 0 Å². The van der Waals surface area contributed by atoms with Gasteiger partial charge in [0.25, 0.3) is 0 Å². The lowest BCUT2D eigenvalue weighted by molar-refractivity contribution is 0.171. The van der Waals surface area contributed by atoms with Gasteiger partial charge in [0.2, 0.25) is 0 Å².